The zero-order valence-electron chi connectivity index (χ0n) is 8.57. The number of ketones is 1. The fourth-order valence-corrected chi connectivity index (χ4v) is 1.79. The maximum atomic E-state index is 12.7. The highest BCUT2D eigenvalue weighted by Gasteiger charge is 2.38. The maximum absolute atomic E-state index is 12.7. The molecule has 1 rings (SSSR count). The number of hydrogen-bond acceptors (Lipinski definition) is 2. The Morgan fingerprint density at radius 1 is 1.41 bits per heavy atom. The first-order chi connectivity index (χ1) is 7.82. The average Bonchev–Trinajstić information content (AvgIpc) is 2.25. The van der Waals surface area contributed by atoms with Crippen LogP contribution in [0.1, 0.15) is 15.9 Å². The maximum Gasteiger partial charge on any atom is 0.421 e. The summed E-state index contributed by atoms with van der Waals surface area (Å²) in [4.78, 5) is 11.3. The van der Waals surface area contributed by atoms with Gasteiger partial charge in [-0.05, 0) is 12.1 Å². The first-order valence-electron chi connectivity index (χ1n) is 4.35. The van der Waals surface area contributed by atoms with Gasteiger partial charge in [-0.1, -0.05) is 11.6 Å². The first kappa shape index (κ1) is 14.1. The van der Waals surface area contributed by atoms with E-state index in [9.17, 15) is 18.0 Å². The molecule has 94 valence electrons. The van der Waals surface area contributed by atoms with E-state index in [2.05, 4.69) is 4.74 Å². The van der Waals surface area contributed by atoms with Gasteiger partial charge in [-0.15, -0.1) is 11.6 Å². The smallest absolute Gasteiger partial charge is 0.421 e. The van der Waals surface area contributed by atoms with Crippen LogP contribution in [-0.2, 0) is 6.18 Å². The van der Waals surface area contributed by atoms with Gasteiger partial charge in [0.25, 0.3) is 0 Å². The molecular weight excluding hydrogens is 280 g/mol. The molecule has 0 aromatic heterocycles. The third kappa shape index (κ3) is 2.84. The lowest BCUT2D eigenvalue weighted by atomic mass is 10.1. The number of rotatable bonds is 3. The van der Waals surface area contributed by atoms with Gasteiger partial charge in [0.2, 0.25) is 0 Å². The lowest BCUT2D eigenvalue weighted by Gasteiger charge is -2.15. The summed E-state index contributed by atoms with van der Waals surface area (Å²) in [6, 6.07) is 2.19. The Bertz CT molecular complexity index is 444. The van der Waals surface area contributed by atoms with Crippen LogP contribution in [0.25, 0.3) is 0 Å². The molecule has 0 amide bonds. The van der Waals surface area contributed by atoms with Gasteiger partial charge in [0.1, 0.15) is 11.3 Å². The van der Waals surface area contributed by atoms with E-state index in [-0.39, 0.29) is 5.56 Å². The zero-order valence-corrected chi connectivity index (χ0v) is 10.1. The van der Waals surface area contributed by atoms with Crippen molar-refractivity contribution in [2.75, 3.05) is 13.0 Å². The van der Waals surface area contributed by atoms with Crippen molar-refractivity contribution >= 4 is 29.0 Å². The van der Waals surface area contributed by atoms with Crippen LogP contribution in [0, 0.1) is 0 Å². The van der Waals surface area contributed by atoms with Crippen LogP contribution in [0.3, 0.4) is 0 Å². The summed E-state index contributed by atoms with van der Waals surface area (Å²) in [5, 5.41) is -0.692. The molecule has 2 nitrogen and oxygen atoms in total. The number of methoxy groups -OCH3 is 1. The summed E-state index contributed by atoms with van der Waals surface area (Å²) >= 11 is 10.8. The highest BCUT2D eigenvalue weighted by atomic mass is 35.5. The molecule has 0 spiro atoms. The molecule has 0 radical (unpaired) electrons. The van der Waals surface area contributed by atoms with E-state index in [0.29, 0.717) is 0 Å². The van der Waals surface area contributed by atoms with Crippen molar-refractivity contribution in [1.82, 2.24) is 0 Å². The fraction of sp³-hybridized carbons (Fsp3) is 0.300. The van der Waals surface area contributed by atoms with Crippen LogP contribution in [-0.4, -0.2) is 18.8 Å². The average molecular weight is 287 g/mol. The van der Waals surface area contributed by atoms with Crippen molar-refractivity contribution in [3.8, 4) is 5.75 Å². The predicted molar refractivity (Wildman–Crippen MR) is 58.1 cm³/mol. The molecule has 1 aromatic carbocycles. The Morgan fingerprint density at radius 3 is 2.41 bits per heavy atom. The number of alkyl halides is 4. The molecule has 0 bridgehead atoms. The fourth-order valence-electron chi connectivity index (χ4n) is 1.28. The Kier molecular flexibility index (Phi) is 4.27. The van der Waals surface area contributed by atoms with Crippen molar-refractivity contribution < 1.29 is 22.7 Å². The van der Waals surface area contributed by atoms with Gasteiger partial charge >= 0.3 is 6.18 Å². The van der Waals surface area contributed by atoms with E-state index in [1.165, 1.54) is 0 Å². The SMILES string of the molecule is COc1ccc(C(=O)CCl)c(Cl)c1C(F)(F)F. The summed E-state index contributed by atoms with van der Waals surface area (Å²) in [6.45, 7) is 0. The van der Waals surface area contributed by atoms with Gasteiger partial charge < -0.3 is 4.74 Å². The summed E-state index contributed by atoms with van der Waals surface area (Å²) in [5.74, 6) is -1.55. The van der Waals surface area contributed by atoms with Crippen LogP contribution < -0.4 is 4.74 Å². The Morgan fingerprint density at radius 2 is 2.00 bits per heavy atom. The van der Waals surface area contributed by atoms with E-state index in [1.54, 1.807) is 0 Å². The molecule has 0 saturated carbocycles. The Labute approximate surface area is 105 Å². The highest BCUT2D eigenvalue weighted by Crippen LogP contribution is 2.42. The number of carbonyl (C=O) groups excluding carboxylic acids is 1. The number of carbonyl (C=O) groups is 1. The van der Waals surface area contributed by atoms with E-state index in [1.807, 2.05) is 0 Å². The van der Waals surface area contributed by atoms with E-state index in [0.717, 1.165) is 19.2 Å². The molecule has 0 aliphatic carbocycles. The molecule has 0 saturated heterocycles. The zero-order chi connectivity index (χ0) is 13.2. The van der Waals surface area contributed by atoms with Crippen molar-refractivity contribution in [1.29, 1.82) is 0 Å². The minimum atomic E-state index is -4.70. The topological polar surface area (TPSA) is 26.3 Å². The third-order valence-corrected chi connectivity index (χ3v) is 2.66. The van der Waals surface area contributed by atoms with Gasteiger partial charge in [0.15, 0.2) is 5.78 Å². The van der Waals surface area contributed by atoms with E-state index >= 15 is 0 Å². The number of ether oxygens (including phenoxy) is 1. The summed E-state index contributed by atoms with van der Waals surface area (Å²) in [5.41, 5.74) is -1.44. The van der Waals surface area contributed by atoms with Crippen LogP contribution >= 0.6 is 23.2 Å². The molecular formula is C10H7Cl2F3O2. The monoisotopic (exact) mass is 286 g/mol. The molecule has 1 aromatic rings. The second-order valence-electron chi connectivity index (χ2n) is 3.06. The van der Waals surface area contributed by atoms with Crippen molar-refractivity contribution in [3.05, 3.63) is 28.3 Å². The Balaban J connectivity index is 3.49. The molecule has 0 N–H and O–H groups in total. The van der Waals surface area contributed by atoms with Gasteiger partial charge in [-0.3, -0.25) is 4.79 Å². The van der Waals surface area contributed by atoms with Gasteiger partial charge in [0.05, 0.1) is 18.0 Å². The predicted octanol–water partition coefficient (Wildman–Crippen LogP) is 3.79. The number of benzene rings is 1. The summed E-state index contributed by atoms with van der Waals surface area (Å²) in [6.07, 6.45) is -4.70. The van der Waals surface area contributed by atoms with Crippen molar-refractivity contribution in [2.45, 2.75) is 6.18 Å². The molecule has 17 heavy (non-hydrogen) atoms. The number of Topliss-reactive ketones (excluding diaryl/α,β-unsaturated/α-hetero) is 1. The van der Waals surface area contributed by atoms with Gasteiger partial charge in [-0.2, -0.15) is 13.2 Å². The van der Waals surface area contributed by atoms with Crippen molar-refractivity contribution in [3.63, 3.8) is 0 Å². The lowest BCUT2D eigenvalue weighted by Crippen LogP contribution is -2.12. The van der Waals surface area contributed by atoms with Gasteiger partial charge in [-0.25, -0.2) is 0 Å². The van der Waals surface area contributed by atoms with Crippen molar-refractivity contribution in [2.24, 2.45) is 0 Å². The van der Waals surface area contributed by atoms with E-state index in [4.69, 9.17) is 23.2 Å². The normalized spacial score (nSPS) is 11.4. The van der Waals surface area contributed by atoms with Crippen LogP contribution in [0.15, 0.2) is 12.1 Å². The van der Waals surface area contributed by atoms with Crippen LogP contribution in [0.4, 0.5) is 13.2 Å². The molecule has 0 fully saturated rings. The third-order valence-electron chi connectivity index (χ3n) is 2.03. The minimum absolute atomic E-state index is 0.269. The molecule has 0 aliphatic rings. The van der Waals surface area contributed by atoms with Gasteiger partial charge in [0, 0.05) is 5.56 Å². The second-order valence-corrected chi connectivity index (χ2v) is 3.70. The number of halogens is 5. The lowest BCUT2D eigenvalue weighted by molar-refractivity contribution is -0.138. The summed E-state index contributed by atoms with van der Waals surface area (Å²) in [7, 11) is 1.09. The highest BCUT2D eigenvalue weighted by molar-refractivity contribution is 6.38. The largest absolute Gasteiger partial charge is 0.496 e. The standard InChI is InChI=1S/C10H7Cl2F3O2/c1-17-7-3-2-5(6(16)4-11)9(12)8(7)10(13,14)15/h2-3H,4H2,1H3. The van der Waals surface area contributed by atoms with E-state index < -0.39 is 34.2 Å². The van der Waals surface area contributed by atoms with Crippen LogP contribution in [0.2, 0.25) is 5.02 Å². The molecule has 0 heterocycles. The van der Waals surface area contributed by atoms with Crippen LogP contribution in [0.5, 0.6) is 5.75 Å². The first-order valence-corrected chi connectivity index (χ1v) is 5.27. The second kappa shape index (κ2) is 5.14. The Hall–Kier alpha value is -0.940. The quantitative estimate of drug-likeness (QED) is 0.624. The molecule has 0 aliphatic heterocycles. The molecule has 7 heteroatoms. The minimum Gasteiger partial charge on any atom is -0.496 e. The summed E-state index contributed by atoms with van der Waals surface area (Å²) < 4.78 is 42.8. The molecule has 0 atom stereocenters. The number of hydrogen-bond donors (Lipinski definition) is 0. The molecule has 0 unspecified atom stereocenters.